The summed E-state index contributed by atoms with van der Waals surface area (Å²) in [5, 5.41) is 1.13. The van der Waals surface area contributed by atoms with Gasteiger partial charge in [-0.15, -0.1) is 0 Å². The number of nitrogens with zero attached hydrogens (tertiary/aromatic N) is 1. The minimum atomic E-state index is -0.415. The van der Waals surface area contributed by atoms with Gasteiger partial charge in [-0.2, -0.15) is 0 Å². The number of nitrogens with two attached hydrogens (primary N) is 1. The maximum atomic E-state index is 12.8. The Morgan fingerprint density at radius 2 is 1.85 bits per heavy atom. The molecule has 0 bridgehead atoms. The predicted octanol–water partition coefficient (Wildman–Crippen LogP) is 3.78. The van der Waals surface area contributed by atoms with E-state index < -0.39 is 5.91 Å². The van der Waals surface area contributed by atoms with Crippen LogP contribution in [0.1, 0.15) is 23.2 Å². The van der Waals surface area contributed by atoms with Gasteiger partial charge in [0.25, 0.3) is 5.91 Å². The Hall–Kier alpha value is -2.24. The second-order valence-electron chi connectivity index (χ2n) is 6.59. The first kappa shape index (κ1) is 19.5. The number of hydrogen-bond acceptors (Lipinski definition) is 3. The van der Waals surface area contributed by atoms with Crippen LogP contribution in [0.2, 0.25) is 10.0 Å². The summed E-state index contributed by atoms with van der Waals surface area (Å²) >= 11 is 11.9. The maximum absolute atomic E-state index is 12.8. The highest BCUT2D eigenvalue weighted by atomic mass is 35.5. The van der Waals surface area contributed by atoms with Crippen molar-refractivity contribution in [1.29, 1.82) is 0 Å². The van der Waals surface area contributed by atoms with Gasteiger partial charge in [0.2, 0.25) is 5.91 Å². The number of halogens is 2. The van der Waals surface area contributed by atoms with Crippen molar-refractivity contribution < 1.29 is 14.3 Å². The molecule has 5 nitrogen and oxygen atoms in total. The van der Waals surface area contributed by atoms with Crippen molar-refractivity contribution in [3.8, 4) is 5.75 Å². The Morgan fingerprint density at radius 3 is 2.52 bits per heavy atom. The zero-order valence-electron chi connectivity index (χ0n) is 14.6. The molecule has 142 valence electrons. The van der Waals surface area contributed by atoms with E-state index in [4.69, 9.17) is 33.7 Å². The second-order valence-corrected chi connectivity index (χ2v) is 7.46. The standard InChI is InChI=1S/C20H20Cl2N2O3/c21-15-4-6-17(7-5-15)27-18-8-9-24(12-14(18)11-19(23)25)20(26)13-2-1-3-16(22)10-13/h1-7,10,14,18H,8-9,11-12H2,(H2,23,25)/t14-,18-/m0/s1. The lowest BCUT2D eigenvalue weighted by atomic mass is 9.90. The third kappa shape index (κ3) is 5.15. The molecule has 0 aliphatic carbocycles. The molecule has 0 aromatic heterocycles. The third-order valence-electron chi connectivity index (χ3n) is 4.59. The zero-order valence-corrected chi connectivity index (χ0v) is 16.1. The van der Waals surface area contributed by atoms with Crippen LogP contribution in [0, 0.1) is 5.92 Å². The summed E-state index contributed by atoms with van der Waals surface area (Å²) in [5.74, 6) is -0.0396. The Balaban J connectivity index is 1.72. The smallest absolute Gasteiger partial charge is 0.253 e. The van der Waals surface area contributed by atoms with Crippen molar-refractivity contribution in [2.45, 2.75) is 18.9 Å². The fourth-order valence-electron chi connectivity index (χ4n) is 3.30. The van der Waals surface area contributed by atoms with Gasteiger partial charge in [0, 0.05) is 47.5 Å². The molecule has 1 saturated heterocycles. The van der Waals surface area contributed by atoms with Crippen LogP contribution >= 0.6 is 23.2 Å². The molecule has 1 aliphatic heterocycles. The van der Waals surface area contributed by atoms with Gasteiger partial charge >= 0.3 is 0 Å². The van der Waals surface area contributed by atoms with E-state index in [1.54, 1.807) is 53.4 Å². The first-order chi connectivity index (χ1) is 12.9. The summed E-state index contributed by atoms with van der Waals surface area (Å²) in [6.45, 7) is 0.922. The monoisotopic (exact) mass is 406 g/mol. The number of rotatable bonds is 5. The van der Waals surface area contributed by atoms with Gasteiger partial charge < -0.3 is 15.4 Å². The maximum Gasteiger partial charge on any atom is 0.253 e. The summed E-state index contributed by atoms with van der Waals surface area (Å²) in [4.78, 5) is 26.0. The van der Waals surface area contributed by atoms with Gasteiger partial charge in [-0.05, 0) is 42.5 Å². The number of hydrogen-bond donors (Lipinski definition) is 1. The van der Waals surface area contributed by atoms with E-state index in [1.807, 2.05) is 0 Å². The van der Waals surface area contributed by atoms with Crippen molar-refractivity contribution in [1.82, 2.24) is 4.90 Å². The number of likely N-dealkylation sites (tertiary alicyclic amines) is 1. The van der Waals surface area contributed by atoms with E-state index in [9.17, 15) is 9.59 Å². The molecule has 1 heterocycles. The van der Waals surface area contributed by atoms with Gasteiger partial charge in [-0.1, -0.05) is 29.3 Å². The topological polar surface area (TPSA) is 72.6 Å². The highest BCUT2D eigenvalue weighted by Gasteiger charge is 2.34. The van der Waals surface area contributed by atoms with Crippen molar-refractivity contribution in [3.05, 3.63) is 64.1 Å². The summed E-state index contributed by atoms with van der Waals surface area (Å²) in [6, 6.07) is 13.9. The lowest BCUT2D eigenvalue weighted by molar-refractivity contribution is -0.120. The Labute approximate surface area is 168 Å². The molecule has 2 aromatic rings. The van der Waals surface area contributed by atoms with Gasteiger partial charge in [0.1, 0.15) is 11.9 Å². The van der Waals surface area contributed by atoms with Crippen molar-refractivity contribution in [3.63, 3.8) is 0 Å². The molecule has 0 radical (unpaired) electrons. The van der Waals surface area contributed by atoms with Crippen LogP contribution in [-0.4, -0.2) is 35.9 Å². The summed E-state index contributed by atoms with van der Waals surface area (Å²) in [5.41, 5.74) is 5.94. The molecule has 2 atom stereocenters. The summed E-state index contributed by atoms with van der Waals surface area (Å²) in [6.07, 6.45) is 0.548. The fourth-order valence-corrected chi connectivity index (χ4v) is 3.61. The summed E-state index contributed by atoms with van der Waals surface area (Å²) < 4.78 is 6.05. The first-order valence-corrected chi connectivity index (χ1v) is 9.43. The van der Waals surface area contributed by atoms with E-state index in [0.29, 0.717) is 40.9 Å². The minimum absolute atomic E-state index is 0.114. The molecule has 0 saturated carbocycles. The lowest BCUT2D eigenvalue weighted by Gasteiger charge is -2.38. The molecule has 7 heteroatoms. The summed E-state index contributed by atoms with van der Waals surface area (Å²) in [7, 11) is 0. The van der Waals surface area contributed by atoms with Crippen LogP contribution in [0.5, 0.6) is 5.75 Å². The second kappa shape index (κ2) is 8.63. The number of carbonyl (C=O) groups excluding carboxylic acids is 2. The predicted molar refractivity (Wildman–Crippen MR) is 105 cm³/mol. The zero-order chi connectivity index (χ0) is 19.4. The number of carbonyl (C=O) groups is 2. The van der Waals surface area contributed by atoms with E-state index in [1.165, 1.54) is 0 Å². The number of ether oxygens (including phenoxy) is 1. The molecule has 2 aromatic carbocycles. The molecular weight excluding hydrogens is 387 g/mol. The quantitative estimate of drug-likeness (QED) is 0.820. The molecule has 2 N–H and O–H groups in total. The molecule has 27 heavy (non-hydrogen) atoms. The van der Waals surface area contributed by atoms with Crippen molar-refractivity contribution >= 4 is 35.0 Å². The molecule has 2 amide bonds. The Bertz CT molecular complexity index is 826. The molecular formula is C20H20Cl2N2O3. The van der Waals surface area contributed by atoms with Crippen molar-refractivity contribution in [2.24, 2.45) is 11.7 Å². The number of amides is 2. The van der Waals surface area contributed by atoms with Crippen LogP contribution < -0.4 is 10.5 Å². The minimum Gasteiger partial charge on any atom is -0.490 e. The average Bonchev–Trinajstić information content (AvgIpc) is 2.64. The largest absolute Gasteiger partial charge is 0.490 e. The van der Waals surface area contributed by atoms with E-state index in [2.05, 4.69) is 0 Å². The van der Waals surface area contributed by atoms with Gasteiger partial charge in [0.05, 0.1) is 0 Å². The Kier molecular flexibility index (Phi) is 6.24. The highest BCUT2D eigenvalue weighted by molar-refractivity contribution is 6.31. The van der Waals surface area contributed by atoms with Crippen LogP contribution in [0.4, 0.5) is 0 Å². The normalized spacial score (nSPS) is 19.6. The fraction of sp³-hybridized carbons (Fsp3) is 0.300. The van der Waals surface area contributed by atoms with Gasteiger partial charge in [-0.25, -0.2) is 0 Å². The van der Waals surface area contributed by atoms with Crippen molar-refractivity contribution in [2.75, 3.05) is 13.1 Å². The molecule has 3 rings (SSSR count). The van der Waals surface area contributed by atoms with Gasteiger partial charge in [-0.3, -0.25) is 9.59 Å². The van der Waals surface area contributed by atoms with Crippen LogP contribution in [0.15, 0.2) is 48.5 Å². The molecule has 0 unspecified atom stereocenters. The number of primary amides is 1. The van der Waals surface area contributed by atoms with Crippen LogP contribution in [-0.2, 0) is 4.79 Å². The first-order valence-electron chi connectivity index (χ1n) is 8.68. The number of benzene rings is 2. The SMILES string of the molecule is NC(=O)C[C@H]1CN(C(=O)c2cccc(Cl)c2)CC[C@@H]1Oc1ccc(Cl)cc1. The highest BCUT2D eigenvalue weighted by Crippen LogP contribution is 2.27. The third-order valence-corrected chi connectivity index (χ3v) is 5.07. The van der Waals surface area contributed by atoms with E-state index in [-0.39, 0.29) is 24.3 Å². The molecule has 0 spiro atoms. The van der Waals surface area contributed by atoms with Gasteiger partial charge in [0.15, 0.2) is 0 Å². The van der Waals surface area contributed by atoms with Crippen LogP contribution in [0.3, 0.4) is 0 Å². The molecule has 1 fully saturated rings. The average molecular weight is 407 g/mol. The number of piperidine rings is 1. The lowest BCUT2D eigenvalue weighted by Crippen LogP contribution is -2.49. The molecule has 1 aliphatic rings. The Morgan fingerprint density at radius 1 is 1.11 bits per heavy atom. The van der Waals surface area contributed by atoms with E-state index >= 15 is 0 Å². The van der Waals surface area contributed by atoms with E-state index in [0.717, 1.165) is 0 Å². The van der Waals surface area contributed by atoms with Crippen LogP contribution in [0.25, 0.3) is 0 Å².